The summed E-state index contributed by atoms with van der Waals surface area (Å²) in [6.45, 7) is 3.10. The van der Waals surface area contributed by atoms with Gasteiger partial charge in [0.2, 0.25) is 5.91 Å². The van der Waals surface area contributed by atoms with E-state index in [4.69, 9.17) is 4.74 Å². The van der Waals surface area contributed by atoms with Crippen LogP contribution in [-0.4, -0.2) is 48.0 Å². The summed E-state index contributed by atoms with van der Waals surface area (Å²) in [5.74, 6) is -0.160. The van der Waals surface area contributed by atoms with Crippen LogP contribution in [0.4, 0.5) is 16.2 Å². The van der Waals surface area contributed by atoms with E-state index < -0.39 is 18.0 Å². The molecule has 0 radical (unpaired) electrons. The monoisotopic (exact) mass is 418 g/mol. The number of anilines is 2. The highest BCUT2D eigenvalue weighted by molar-refractivity contribution is 6.13. The summed E-state index contributed by atoms with van der Waals surface area (Å²) in [6.07, 6.45) is 1.70. The number of hydrogen-bond acceptors (Lipinski definition) is 5. The molecule has 9 nitrogen and oxygen atoms in total. The Bertz CT molecular complexity index is 1220. The molecule has 1 aromatic heterocycles. The van der Waals surface area contributed by atoms with E-state index in [1.54, 1.807) is 13.1 Å². The number of aromatic nitrogens is 2. The first-order valence-electron chi connectivity index (χ1n) is 10.1. The van der Waals surface area contributed by atoms with Crippen LogP contribution in [0.3, 0.4) is 0 Å². The third-order valence-electron chi connectivity index (χ3n) is 5.77. The van der Waals surface area contributed by atoms with E-state index >= 15 is 0 Å². The van der Waals surface area contributed by atoms with Crippen LogP contribution in [0.15, 0.2) is 47.6 Å². The maximum Gasteiger partial charge on any atom is 0.341 e. The maximum atomic E-state index is 13.3. The van der Waals surface area contributed by atoms with Crippen molar-refractivity contribution in [2.45, 2.75) is 13.0 Å². The van der Waals surface area contributed by atoms with Gasteiger partial charge in [-0.2, -0.15) is 5.10 Å². The number of ether oxygens (including phenoxy) is 1. The van der Waals surface area contributed by atoms with Crippen LogP contribution in [0.5, 0.6) is 5.75 Å². The first-order chi connectivity index (χ1) is 15.0. The smallest absolute Gasteiger partial charge is 0.341 e. The molecule has 9 heteroatoms. The van der Waals surface area contributed by atoms with Gasteiger partial charge in [0, 0.05) is 23.8 Å². The molecule has 2 aliphatic rings. The number of H-pyrrole nitrogens is 1. The molecule has 3 aromatic rings. The Morgan fingerprint density at radius 2 is 2.13 bits per heavy atom. The minimum atomic E-state index is -0.655. The van der Waals surface area contributed by atoms with E-state index in [9.17, 15) is 9.59 Å². The molecule has 5 rings (SSSR count). The van der Waals surface area contributed by atoms with E-state index in [0.29, 0.717) is 18.0 Å². The molecule has 0 bridgehead atoms. The van der Waals surface area contributed by atoms with Gasteiger partial charge in [-0.25, -0.2) is 9.79 Å². The molecule has 2 aromatic carbocycles. The van der Waals surface area contributed by atoms with Crippen molar-refractivity contribution in [3.05, 3.63) is 48.2 Å². The van der Waals surface area contributed by atoms with Gasteiger partial charge in [0.25, 0.3) is 0 Å². The Hall–Kier alpha value is -3.88. The van der Waals surface area contributed by atoms with Crippen molar-refractivity contribution in [1.82, 2.24) is 15.5 Å². The van der Waals surface area contributed by atoms with Crippen molar-refractivity contribution in [2.75, 3.05) is 30.4 Å². The van der Waals surface area contributed by atoms with Crippen LogP contribution in [0.25, 0.3) is 10.9 Å². The molecular weight excluding hydrogens is 396 g/mol. The Balaban J connectivity index is 1.46. The average Bonchev–Trinajstić information content (AvgIpc) is 3.21. The van der Waals surface area contributed by atoms with Gasteiger partial charge in [-0.05, 0) is 42.8 Å². The molecule has 3 N–H and O–H groups in total. The van der Waals surface area contributed by atoms with Crippen LogP contribution < -0.4 is 20.3 Å². The molecule has 2 aliphatic heterocycles. The zero-order valence-electron chi connectivity index (χ0n) is 17.2. The molecule has 158 valence electrons. The lowest BCUT2D eigenvalue weighted by Gasteiger charge is -2.32. The van der Waals surface area contributed by atoms with Crippen LogP contribution in [-0.2, 0) is 4.79 Å². The van der Waals surface area contributed by atoms with Crippen molar-refractivity contribution in [1.29, 1.82) is 0 Å². The topological polar surface area (TPSA) is 112 Å². The minimum absolute atomic E-state index is 0.246. The quantitative estimate of drug-likeness (QED) is 0.606. The number of carbonyl (C=O) groups excluding carboxylic acids is 2. The molecule has 2 atom stereocenters. The predicted octanol–water partition coefficient (Wildman–Crippen LogP) is 2.87. The second-order valence-electron chi connectivity index (χ2n) is 7.82. The molecule has 0 fully saturated rings. The highest BCUT2D eigenvalue weighted by Gasteiger charge is 2.37. The number of fused-ring (bicyclic) bond motifs is 2. The zero-order valence-corrected chi connectivity index (χ0v) is 17.2. The van der Waals surface area contributed by atoms with Crippen LogP contribution in [0.2, 0.25) is 0 Å². The number of urea groups is 1. The number of benzene rings is 2. The summed E-state index contributed by atoms with van der Waals surface area (Å²) in [7, 11) is 2.01. The number of carbonyl (C=O) groups is 2. The Morgan fingerprint density at radius 1 is 1.26 bits per heavy atom. The summed E-state index contributed by atoms with van der Waals surface area (Å²) in [5, 5.41) is 13.6. The summed E-state index contributed by atoms with van der Waals surface area (Å²) in [5.41, 5.74) is 3.78. The van der Waals surface area contributed by atoms with Crippen molar-refractivity contribution >= 4 is 39.9 Å². The van der Waals surface area contributed by atoms with Crippen molar-refractivity contribution in [3.63, 3.8) is 0 Å². The molecule has 0 aliphatic carbocycles. The fourth-order valence-corrected chi connectivity index (χ4v) is 4.15. The number of hydrogen-bond donors (Lipinski definition) is 3. The van der Waals surface area contributed by atoms with Crippen LogP contribution in [0, 0.1) is 5.92 Å². The Kier molecular flexibility index (Phi) is 4.58. The van der Waals surface area contributed by atoms with E-state index in [2.05, 4.69) is 30.7 Å². The largest absolute Gasteiger partial charge is 0.490 e. The highest BCUT2D eigenvalue weighted by atomic mass is 16.5. The van der Waals surface area contributed by atoms with Gasteiger partial charge in [0.15, 0.2) is 0 Å². The van der Waals surface area contributed by atoms with Crippen molar-refractivity contribution in [2.24, 2.45) is 10.9 Å². The Morgan fingerprint density at radius 3 is 3.00 bits per heavy atom. The van der Waals surface area contributed by atoms with Crippen LogP contribution in [0.1, 0.15) is 18.5 Å². The summed E-state index contributed by atoms with van der Waals surface area (Å²) < 4.78 is 5.81. The number of aliphatic imine (C=N–C) groups is 1. The van der Waals surface area contributed by atoms with Crippen molar-refractivity contribution in [3.8, 4) is 5.75 Å². The van der Waals surface area contributed by atoms with Gasteiger partial charge in [-0.1, -0.05) is 6.07 Å². The third-order valence-corrected chi connectivity index (χ3v) is 5.77. The number of nitrogens with one attached hydrogen (secondary N) is 3. The highest BCUT2D eigenvalue weighted by Crippen LogP contribution is 2.36. The minimum Gasteiger partial charge on any atom is -0.490 e. The molecule has 3 heterocycles. The fraction of sp³-hybridized carbons (Fsp3) is 0.273. The molecule has 31 heavy (non-hydrogen) atoms. The third kappa shape index (κ3) is 3.48. The molecule has 0 spiro atoms. The standard InChI is InChI=1S/C22H22N6O3/c1-12-19(21(29)25-15-4-5-16-14(9-15)11-23-27-16)20(26-22(30)24-12)13-3-6-17-18(10-13)31-8-7-28(17)2/h3-6,9-11,19-20H,7-8H2,1-2H3,(H,23,27)(H,25,29)(H,26,30). The fourth-order valence-electron chi connectivity index (χ4n) is 4.15. The molecule has 3 amide bonds. The first kappa shape index (κ1) is 19.1. The average molecular weight is 418 g/mol. The van der Waals surface area contributed by atoms with Gasteiger partial charge >= 0.3 is 6.03 Å². The van der Waals surface area contributed by atoms with Gasteiger partial charge in [0.1, 0.15) is 18.3 Å². The lowest BCUT2D eigenvalue weighted by atomic mass is 9.87. The molecule has 2 unspecified atom stereocenters. The summed E-state index contributed by atoms with van der Waals surface area (Å²) >= 11 is 0. The normalized spacial score (nSPS) is 20.5. The van der Waals surface area contributed by atoms with Gasteiger partial charge in [0.05, 0.1) is 30.0 Å². The lowest BCUT2D eigenvalue weighted by molar-refractivity contribution is -0.118. The van der Waals surface area contributed by atoms with E-state index in [0.717, 1.165) is 34.4 Å². The number of amides is 3. The lowest BCUT2D eigenvalue weighted by Crippen LogP contribution is -2.45. The second-order valence-corrected chi connectivity index (χ2v) is 7.82. The number of aromatic amines is 1. The van der Waals surface area contributed by atoms with E-state index in [-0.39, 0.29) is 5.91 Å². The molecule has 0 saturated carbocycles. The van der Waals surface area contributed by atoms with Gasteiger partial charge < -0.3 is 20.3 Å². The first-order valence-corrected chi connectivity index (χ1v) is 10.1. The number of rotatable bonds is 3. The molecular formula is C22H22N6O3. The van der Waals surface area contributed by atoms with Gasteiger partial charge in [-0.3, -0.25) is 9.89 Å². The summed E-state index contributed by atoms with van der Waals surface area (Å²) in [4.78, 5) is 31.5. The molecule has 0 saturated heterocycles. The van der Waals surface area contributed by atoms with Crippen LogP contribution >= 0.6 is 0 Å². The van der Waals surface area contributed by atoms with Gasteiger partial charge in [-0.15, -0.1) is 0 Å². The Labute approximate surface area is 178 Å². The van der Waals surface area contributed by atoms with E-state index in [1.807, 2.05) is 43.4 Å². The second kappa shape index (κ2) is 7.42. The SMILES string of the molecule is CC1=NC(=O)NC(c2ccc3c(c2)OCCN3C)C1C(=O)Nc1ccc2[nH]ncc2c1. The zero-order chi connectivity index (χ0) is 21.5. The number of likely N-dealkylation sites (N-methyl/N-ethyl adjacent to an activating group) is 1. The van der Waals surface area contributed by atoms with E-state index in [1.165, 1.54) is 0 Å². The van der Waals surface area contributed by atoms with Crippen molar-refractivity contribution < 1.29 is 14.3 Å². The summed E-state index contributed by atoms with van der Waals surface area (Å²) in [6, 6.07) is 10.3. The number of nitrogens with zero attached hydrogens (tertiary/aromatic N) is 3. The predicted molar refractivity (Wildman–Crippen MR) is 118 cm³/mol. The maximum absolute atomic E-state index is 13.3.